The fourth-order valence-corrected chi connectivity index (χ4v) is 2.77. The molecule has 0 saturated carbocycles. The molecule has 0 saturated heterocycles. The lowest BCUT2D eigenvalue weighted by atomic mass is 10.00. The molecule has 1 aliphatic heterocycles. The van der Waals surface area contributed by atoms with Crippen molar-refractivity contribution in [1.82, 2.24) is 0 Å². The van der Waals surface area contributed by atoms with E-state index in [1.807, 2.05) is 23.1 Å². The van der Waals surface area contributed by atoms with Gasteiger partial charge in [-0.15, -0.1) is 0 Å². The van der Waals surface area contributed by atoms with E-state index in [4.69, 9.17) is 10.5 Å². The van der Waals surface area contributed by atoms with Crippen molar-refractivity contribution in [3.8, 4) is 5.75 Å². The van der Waals surface area contributed by atoms with Gasteiger partial charge in [-0.1, -0.05) is 13.3 Å². The number of rotatable bonds is 5. The minimum Gasteiger partial charge on any atom is -0.497 e. The van der Waals surface area contributed by atoms with E-state index >= 15 is 0 Å². The third-order valence-electron chi connectivity index (χ3n) is 3.80. The summed E-state index contributed by atoms with van der Waals surface area (Å²) >= 11 is 0. The normalized spacial score (nSPS) is 15.7. The van der Waals surface area contributed by atoms with Crippen LogP contribution in [0.15, 0.2) is 18.2 Å². The number of anilines is 1. The van der Waals surface area contributed by atoms with E-state index < -0.39 is 0 Å². The lowest BCUT2D eigenvalue weighted by Gasteiger charge is -2.30. The Kier molecular flexibility index (Phi) is 5.01. The monoisotopic (exact) mass is 276 g/mol. The zero-order chi connectivity index (χ0) is 14.5. The van der Waals surface area contributed by atoms with Gasteiger partial charge in [0.2, 0.25) is 5.91 Å². The van der Waals surface area contributed by atoms with E-state index in [0.717, 1.165) is 43.7 Å². The first-order valence-corrected chi connectivity index (χ1v) is 7.38. The summed E-state index contributed by atoms with van der Waals surface area (Å²) in [5, 5.41) is 0. The number of benzene rings is 1. The Morgan fingerprint density at radius 2 is 2.30 bits per heavy atom. The summed E-state index contributed by atoms with van der Waals surface area (Å²) in [6, 6.07) is 5.89. The van der Waals surface area contributed by atoms with Crippen LogP contribution >= 0.6 is 0 Å². The van der Waals surface area contributed by atoms with Crippen molar-refractivity contribution < 1.29 is 9.53 Å². The predicted molar refractivity (Wildman–Crippen MR) is 81.2 cm³/mol. The first-order chi connectivity index (χ1) is 9.65. The lowest BCUT2D eigenvalue weighted by Crippen LogP contribution is -2.39. The second kappa shape index (κ2) is 6.75. The quantitative estimate of drug-likeness (QED) is 0.899. The average molecular weight is 276 g/mol. The number of hydrogen-bond acceptors (Lipinski definition) is 3. The van der Waals surface area contributed by atoms with Crippen LogP contribution in [0.1, 0.15) is 38.2 Å². The highest BCUT2D eigenvalue weighted by atomic mass is 16.5. The molecule has 0 fully saturated rings. The van der Waals surface area contributed by atoms with Crippen LogP contribution in [0.5, 0.6) is 5.75 Å². The van der Waals surface area contributed by atoms with Gasteiger partial charge in [0.1, 0.15) is 5.75 Å². The van der Waals surface area contributed by atoms with Crippen molar-refractivity contribution in [2.24, 2.45) is 5.73 Å². The Morgan fingerprint density at radius 3 is 3.00 bits per heavy atom. The van der Waals surface area contributed by atoms with Crippen LogP contribution in [0.3, 0.4) is 0 Å². The van der Waals surface area contributed by atoms with Crippen LogP contribution in [0.4, 0.5) is 5.69 Å². The van der Waals surface area contributed by atoms with Crippen LogP contribution < -0.4 is 15.4 Å². The van der Waals surface area contributed by atoms with Gasteiger partial charge in [0, 0.05) is 24.7 Å². The van der Waals surface area contributed by atoms with Crippen molar-refractivity contribution in [2.45, 2.75) is 45.1 Å². The molecule has 1 heterocycles. The number of fused-ring (bicyclic) bond motifs is 1. The van der Waals surface area contributed by atoms with Crippen molar-refractivity contribution in [2.75, 3.05) is 18.6 Å². The topological polar surface area (TPSA) is 55.6 Å². The summed E-state index contributed by atoms with van der Waals surface area (Å²) in [6.07, 6.45) is 4.34. The number of aryl methyl sites for hydroxylation is 1. The van der Waals surface area contributed by atoms with E-state index in [0.29, 0.717) is 6.42 Å². The molecule has 1 aromatic rings. The Morgan fingerprint density at radius 1 is 1.50 bits per heavy atom. The van der Waals surface area contributed by atoms with Crippen LogP contribution in [0.25, 0.3) is 0 Å². The molecule has 0 radical (unpaired) electrons. The lowest BCUT2D eigenvalue weighted by molar-refractivity contribution is -0.119. The molecule has 0 aliphatic carbocycles. The number of hydrogen-bond donors (Lipinski definition) is 1. The van der Waals surface area contributed by atoms with Crippen LogP contribution in [0.2, 0.25) is 0 Å². The molecule has 1 amide bonds. The third kappa shape index (κ3) is 3.31. The molecular formula is C16H24N2O2. The summed E-state index contributed by atoms with van der Waals surface area (Å²) < 4.78 is 5.25. The van der Waals surface area contributed by atoms with E-state index in [1.165, 1.54) is 5.56 Å². The summed E-state index contributed by atoms with van der Waals surface area (Å²) in [5.41, 5.74) is 8.20. The SMILES string of the molecule is CCCC(N)CC(=O)N1CCCc2cc(OC)ccc21. The van der Waals surface area contributed by atoms with Crippen molar-refractivity contribution in [3.63, 3.8) is 0 Å². The molecular weight excluding hydrogens is 252 g/mol. The highest BCUT2D eigenvalue weighted by Crippen LogP contribution is 2.31. The molecule has 4 nitrogen and oxygen atoms in total. The van der Waals surface area contributed by atoms with Gasteiger partial charge >= 0.3 is 0 Å². The number of nitrogens with zero attached hydrogens (tertiary/aromatic N) is 1. The molecule has 1 unspecified atom stereocenters. The van der Waals surface area contributed by atoms with Gasteiger partial charge in [0.15, 0.2) is 0 Å². The van der Waals surface area contributed by atoms with Gasteiger partial charge in [-0.2, -0.15) is 0 Å². The maximum absolute atomic E-state index is 12.4. The Labute approximate surface area is 120 Å². The molecule has 0 spiro atoms. The van der Waals surface area contributed by atoms with E-state index in [9.17, 15) is 4.79 Å². The van der Waals surface area contributed by atoms with Crippen LogP contribution in [-0.2, 0) is 11.2 Å². The summed E-state index contributed by atoms with van der Waals surface area (Å²) in [4.78, 5) is 14.3. The van der Waals surface area contributed by atoms with E-state index in [1.54, 1.807) is 7.11 Å². The van der Waals surface area contributed by atoms with Crippen molar-refractivity contribution in [3.05, 3.63) is 23.8 Å². The second-order valence-corrected chi connectivity index (χ2v) is 5.40. The fraction of sp³-hybridized carbons (Fsp3) is 0.562. The molecule has 1 atom stereocenters. The molecule has 1 aliphatic rings. The van der Waals surface area contributed by atoms with Gasteiger partial charge in [-0.05, 0) is 43.0 Å². The van der Waals surface area contributed by atoms with E-state index in [2.05, 4.69) is 6.92 Å². The van der Waals surface area contributed by atoms with Gasteiger partial charge in [0.05, 0.1) is 7.11 Å². The number of ether oxygens (including phenoxy) is 1. The standard InChI is InChI=1S/C16H24N2O2/c1-3-5-13(17)11-16(19)18-9-4-6-12-10-14(20-2)7-8-15(12)18/h7-8,10,13H,3-6,9,11,17H2,1-2H3. The Bertz CT molecular complexity index is 474. The first-order valence-electron chi connectivity index (χ1n) is 7.38. The summed E-state index contributed by atoms with van der Waals surface area (Å²) in [5.74, 6) is 0.984. The molecule has 2 N–H and O–H groups in total. The second-order valence-electron chi connectivity index (χ2n) is 5.40. The van der Waals surface area contributed by atoms with Crippen LogP contribution in [0, 0.1) is 0 Å². The maximum Gasteiger partial charge on any atom is 0.228 e. The zero-order valence-electron chi connectivity index (χ0n) is 12.4. The Balaban J connectivity index is 2.13. The van der Waals surface area contributed by atoms with Gasteiger partial charge < -0.3 is 15.4 Å². The van der Waals surface area contributed by atoms with Crippen molar-refractivity contribution in [1.29, 1.82) is 0 Å². The van der Waals surface area contributed by atoms with Gasteiger partial charge in [-0.3, -0.25) is 4.79 Å². The molecule has 4 heteroatoms. The van der Waals surface area contributed by atoms with E-state index in [-0.39, 0.29) is 11.9 Å². The largest absolute Gasteiger partial charge is 0.497 e. The first kappa shape index (κ1) is 14.9. The minimum atomic E-state index is -0.0314. The number of carbonyl (C=O) groups excluding carboxylic acids is 1. The maximum atomic E-state index is 12.4. The highest BCUT2D eigenvalue weighted by molar-refractivity contribution is 5.95. The molecule has 1 aromatic carbocycles. The molecule has 0 aromatic heterocycles. The van der Waals surface area contributed by atoms with Crippen LogP contribution in [-0.4, -0.2) is 25.6 Å². The van der Waals surface area contributed by atoms with Crippen molar-refractivity contribution >= 4 is 11.6 Å². The molecule has 20 heavy (non-hydrogen) atoms. The zero-order valence-corrected chi connectivity index (χ0v) is 12.4. The predicted octanol–water partition coefficient (Wildman–Crippen LogP) is 2.49. The van der Waals surface area contributed by atoms with Gasteiger partial charge in [-0.25, -0.2) is 0 Å². The number of methoxy groups -OCH3 is 1. The molecule has 2 rings (SSSR count). The summed E-state index contributed by atoms with van der Waals surface area (Å²) in [6.45, 7) is 2.88. The Hall–Kier alpha value is -1.55. The fourth-order valence-electron chi connectivity index (χ4n) is 2.77. The summed E-state index contributed by atoms with van der Waals surface area (Å²) in [7, 11) is 1.66. The minimum absolute atomic E-state index is 0.0314. The molecule has 0 bridgehead atoms. The smallest absolute Gasteiger partial charge is 0.228 e. The number of amides is 1. The highest BCUT2D eigenvalue weighted by Gasteiger charge is 2.23. The third-order valence-corrected chi connectivity index (χ3v) is 3.80. The molecule has 110 valence electrons. The average Bonchev–Trinajstić information content (AvgIpc) is 2.46. The van der Waals surface area contributed by atoms with Gasteiger partial charge in [0.25, 0.3) is 0 Å². The number of carbonyl (C=O) groups is 1. The number of nitrogens with two attached hydrogens (primary N) is 1.